The van der Waals surface area contributed by atoms with Crippen LogP contribution in [0.4, 0.5) is 0 Å². The Kier molecular flexibility index (Phi) is 9.40. The number of rotatable bonds is 12. The van der Waals surface area contributed by atoms with E-state index in [-0.39, 0.29) is 24.0 Å². The summed E-state index contributed by atoms with van der Waals surface area (Å²) in [6, 6.07) is 3.57. The molecule has 0 spiro atoms. The van der Waals surface area contributed by atoms with Gasteiger partial charge in [-0.05, 0) is 62.5 Å². The van der Waals surface area contributed by atoms with Crippen LogP contribution < -0.4 is 0 Å². The number of aliphatic hydroxyl groups is 2. The monoisotopic (exact) mass is 402 g/mol. The van der Waals surface area contributed by atoms with Gasteiger partial charge in [0.2, 0.25) is 0 Å². The fourth-order valence-electron chi connectivity index (χ4n) is 4.10. The fourth-order valence-corrected chi connectivity index (χ4v) is 5.48. The smallest absolute Gasteiger partial charge is 0.345 e. The maximum Gasteiger partial charge on any atom is 0.345 e. The summed E-state index contributed by atoms with van der Waals surface area (Å²) >= 11 is 7.86. The Morgan fingerprint density at radius 1 is 1.08 bits per heavy atom. The minimum Gasteiger partial charge on any atom is -0.477 e. The molecule has 3 N–H and O–H groups in total. The molecule has 1 aromatic heterocycles. The van der Waals surface area contributed by atoms with E-state index >= 15 is 0 Å². The maximum absolute atomic E-state index is 11.0. The zero-order valence-electron chi connectivity index (χ0n) is 15.3. The summed E-state index contributed by atoms with van der Waals surface area (Å²) in [7, 11) is 0. The van der Waals surface area contributed by atoms with Crippen molar-refractivity contribution in [2.75, 3.05) is 6.61 Å². The van der Waals surface area contributed by atoms with Gasteiger partial charge in [0.15, 0.2) is 0 Å². The molecule has 0 bridgehead atoms. The molecule has 2 unspecified atom stereocenters. The third-order valence-corrected chi connectivity index (χ3v) is 7.14. The van der Waals surface area contributed by atoms with E-state index in [1.54, 1.807) is 6.07 Å². The predicted molar refractivity (Wildman–Crippen MR) is 106 cm³/mol. The summed E-state index contributed by atoms with van der Waals surface area (Å²) in [4.78, 5) is 12.5. The van der Waals surface area contributed by atoms with Crippen molar-refractivity contribution in [1.29, 1.82) is 0 Å². The first-order valence-electron chi connectivity index (χ1n) is 9.78. The van der Waals surface area contributed by atoms with Gasteiger partial charge in [-0.2, -0.15) is 0 Å². The number of hydrogen-bond donors (Lipinski definition) is 3. The van der Waals surface area contributed by atoms with Crippen LogP contribution in [-0.4, -0.2) is 39.4 Å². The molecule has 1 fully saturated rings. The largest absolute Gasteiger partial charge is 0.477 e. The number of thiophene rings is 1. The summed E-state index contributed by atoms with van der Waals surface area (Å²) < 4.78 is 0. The van der Waals surface area contributed by atoms with Crippen molar-refractivity contribution in [1.82, 2.24) is 0 Å². The molecule has 1 aliphatic rings. The van der Waals surface area contributed by atoms with Crippen LogP contribution in [0.1, 0.15) is 72.3 Å². The normalized spacial score (nSPS) is 25.7. The second-order valence-corrected chi connectivity index (χ2v) is 9.12. The Morgan fingerprint density at radius 2 is 1.77 bits per heavy atom. The second kappa shape index (κ2) is 11.3. The first kappa shape index (κ1) is 21.7. The van der Waals surface area contributed by atoms with Crippen molar-refractivity contribution in [2.24, 2.45) is 11.8 Å². The molecule has 1 aromatic rings. The highest BCUT2D eigenvalue weighted by atomic mass is 35.5. The van der Waals surface area contributed by atoms with E-state index in [1.807, 2.05) is 6.07 Å². The van der Waals surface area contributed by atoms with Crippen LogP contribution in [0.2, 0.25) is 0 Å². The van der Waals surface area contributed by atoms with Gasteiger partial charge in [-0.1, -0.05) is 25.7 Å². The van der Waals surface area contributed by atoms with Gasteiger partial charge in [-0.25, -0.2) is 4.79 Å². The predicted octanol–water partition coefficient (Wildman–Crippen LogP) is 4.71. The van der Waals surface area contributed by atoms with Crippen molar-refractivity contribution in [3.63, 3.8) is 0 Å². The van der Waals surface area contributed by atoms with Gasteiger partial charge in [-0.3, -0.25) is 0 Å². The average molecular weight is 403 g/mol. The lowest BCUT2D eigenvalue weighted by atomic mass is 9.86. The summed E-state index contributed by atoms with van der Waals surface area (Å²) in [5.74, 6) is -0.226. The number of aliphatic hydroxyl groups excluding tert-OH is 2. The SMILES string of the molecule is O=C(O)c1ccc(CCC[C@H]2C(Cl)C[C@@H](O)C2CCCCCCCO)s1. The lowest BCUT2D eigenvalue weighted by Gasteiger charge is -2.23. The van der Waals surface area contributed by atoms with Crippen molar-refractivity contribution < 1.29 is 20.1 Å². The molecule has 2 rings (SSSR count). The van der Waals surface area contributed by atoms with Gasteiger partial charge < -0.3 is 15.3 Å². The maximum atomic E-state index is 11.0. The van der Waals surface area contributed by atoms with Gasteiger partial charge in [-0.15, -0.1) is 22.9 Å². The molecule has 0 aliphatic heterocycles. The molecule has 1 aliphatic carbocycles. The minimum atomic E-state index is -0.861. The molecular formula is C20H31ClO4S. The number of unbranched alkanes of at least 4 members (excludes halogenated alkanes) is 4. The van der Waals surface area contributed by atoms with E-state index in [2.05, 4.69) is 0 Å². The molecule has 26 heavy (non-hydrogen) atoms. The highest BCUT2D eigenvalue weighted by Crippen LogP contribution is 2.42. The van der Waals surface area contributed by atoms with Crippen molar-refractivity contribution in [3.8, 4) is 0 Å². The van der Waals surface area contributed by atoms with Gasteiger partial charge in [0.1, 0.15) is 4.88 Å². The number of carboxylic acids is 1. The zero-order valence-corrected chi connectivity index (χ0v) is 16.9. The minimum absolute atomic E-state index is 0.0438. The molecule has 148 valence electrons. The van der Waals surface area contributed by atoms with Crippen molar-refractivity contribution in [3.05, 3.63) is 21.9 Å². The molecule has 1 saturated carbocycles. The van der Waals surface area contributed by atoms with Crippen LogP contribution in [0, 0.1) is 11.8 Å². The van der Waals surface area contributed by atoms with E-state index in [4.69, 9.17) is 21.8 Å². The Balaban J connectivity index is 1.74. The number of alkyl halides is 1. The zero-order chi connectivity index (χ0) is 18.9. The lowest BCUT2D eigenvalue weighted by molar-refractivity contribution is 0.0702. The fraction of sp³-hybridized carbons (Fsp3) is 0.750. The molecule has 6 heteroatoms. The highest BCUT2D eigenvalue weighted by molar-refractivity contribution is 7.13. The van der Waals surface area contributed by atoms with Crippen LogP contribution in [0.3, 0.4) is 0 Å². The van der Waals surface area contributed by atoms with E-state index < -0.39 is 5.97 Å². The van der Waals surface area contributed by atoms with E-state index in [9.17, 15) is 9.90 Å². The number of aromatic carboxylic acids is 1. The molecule has 0 radical (unpaired) electrons. The number of carboxylic acid groups (broad SMARTS) is 1. The molecule has 0 amide bonds. The summed E-state index contributed by atoms with van der Waals surface area (Å²) in [6.07, 6.45) is 9.62. The molecular weight excluding hydrogens is 372 g/mol. The average Bonchev–Trinajstić information content (AvgIpc) is 3.17. The highest BCUT2D eigenvalue weighted by Gasteiger charge is 2.40. The Hall–Kier alpha value is -0.620. The topological polar surface area (TPSA) is 77.8 Å². The lowest BCUT2D eigenvalue weighted by Crippen LogP contribution is -2.21. The quantitative estimate of drug-likeness (QED) is 0.349. The number of carbonyl (C=O) groups is 1. The molecule has 0 aromatic carbocycles. The molecule has 4 nitrogen and oxygen atoms in total. The van der Waals surface area contributed by atoms with Gasteiger partial charge in [0.05, 0.1) is 6.10 Å². The first-order valence-corrected chi connectivity index (χ1v) is 11.0. The standard InChI is InChI=1S/C20H31ClO4S/c21-17-13-18(23)16(8-4-2-1-3-5-12-22)15(17)9-6-7-14-10-11-19(26-14)20(24)25/h10-11,15-18,22-23H,1-9,12-13H2,(H,24,25)/t15-,16?,17?,18-/m1/s1. The van der Waals surface area contributed by atoms with Gasteiger partial charge >= 0.3 is 5.97 Å². The van der Waals surface area contributed by atoms with E-state index in [0.717, 1.165) is 62.7 Å². The van der Waals surface area contributed by atoms with E-state index in [1.165, 1.54) is 11.3 Å². The first-order chi connectivity index (χ1) is 12.5. The molecule has 1 heterocycles. The summed E-state index contributed by atoms with van der Waals surface area (Å²) in [5.41, 5.74) is 0. The van der Waals surface area contributed by atoms with Crippen LogP contribution in [0.15, 0.2) is 12.1 Å². The second-order valence-electron chi connectivity index (χ2n) is 7.39. The van der Waals surface area contributed by atoms with Gasteiger partial charge in [0.25, 0.3) is 0 Å². The third-order valence-electron chi connectivity index (χ3n) is 5.50. The van der Waals surface area contributed by atoms with Crippen LogP contribution in [-0.2, 0) is 6.42 Å². The number of halogens is 1. The Labute approximate surface area is 165 Å². The molecule has 0 saturated heterocycles. The Bertz CT molecular complexity index is 548. The summed E-state index contributed by atoms with van der Waals surface area (Å²) in [5, 5.41) is 28.2. The van der Waals surface area contributed by atoms with Gasteiger partial charge in [0, 0.05) is 16.9 Å². The summed E-state index contributed by atoms with van der Waals surface area (Å²) in [6.45, 7) is 0.273. The number of hydrogen-bond acceptors (Lipinski definition) is 4. The van der Waals surface area contributed by atoms with Crippen LogP contribution in [0.5, 0.6) is 0 Å². The van der Waals surface area contributed by atoms with Crippen LogP contribution >= 0.6 is 22.9 Å². The van der Waals surface area contributed by atoms with Crippen molar-refractivity contribution in [2.45, 2.75) is 75.7 Å². The molecule has 4 atom stereocenters. The van der Waals surface area contributed by atoms with E-state index in [0.29, 0.717) is 17.2 Å². The van der Waals surface area contributed by atoms with Crippen LogP contribution in [0.25, 0.3) is 0 Å². The van der Waals surface area contributed by atoms with Crippen molar-refractivity contribution >= 4 is 28.9 Å². The number of aryl methyl sites for hydroxylation is 1. The Morgan fingerprint density at radius 3 is 2.46 bits per heavy atom. The third kappa shape index (κ3) is 6.52.